The summed E-state index contributed by atoms with van der Waals surface area (Å²) in [5.74, 6) is 0.0925. The van der Waals surface area contributed by atoms with Crippen LogP contribution in [0.25, 0.3) is 22.0 Å². The van der Waals surface area contributed by atoms with Crippen molar-refractivity contribution in [3.8, 4) is 0 Å². The molecule has 1 atom stereocenters. The molecule has 2 aliphatic rings. The van der Waals surface area contributed by atoms with E-state index in [1.54, 1.807) is 17.6 Å². The van der Waals surface area contributed by atoms with Gasteiger partial charge in [-0.2, -0.15) is 0 Å². The van der Waals surface area contributed by atoms with Crippen LogP contribution >= 0.6 is 0 Å². The predicted octanol–water partition coefficient (Wildman–Crippen LogP) is 2.46. The molecule has 25 heavy (non-hydrogen) atoms. The maximum atomic E-state index is 14.9. The van der Waals surface area contributed by atoms with Crippen LogP contribution in [-0.4, -0.2) is 28.7 Å². The van der Waals surface area contributed by atoms with E-state index in [4.69, 9.17) is 10.2 Å². The summed E-state index contributed by atoms with van der Waals surface area (Å²) in [6.07, 6.45) is 2.75. The molecule has 5 rings (SSSR count). The first-order valence-corrected chi connectivity index (χ1v) is 8.68. The van der Waals surface area contributed by atoms with Gasteiger partial charge in [-0.05, 0) is 31.4 Å². The number of hydrogen-bond acceptors (Lipinski definition) is 5. The molecule has 0 radical (unpaired) electrons. The lowest BCUT2D eigenvalue weighted by atomic mass is 10.1. The monoisotopic (exact) mass is 342 g/mol. The highest BCUT2D eigenvalue weighted by Gasteiger charge is 2.30. The summed E-state index contributed by atoms with van der Waals surface area (Å²) in [7, 11) is 0. The number of nitrogens with zero attached hydrogens (tertiary/aromatic N) is 3. The van der Waals surface area contributed by atoms with E-state index in [0.717, 1.165) is 25.8 Å². The third-order valence-corrected chi connectivity index (χ3v) is 5.20. The lowest BCUT2D eigenvalue weighted by molar-refractivity contribution is 0.563. The second-order valence-corrected chi connectivity index (χ2v) is 7.13. The lowest BCUT2D eigenvalue weighted by Crippen LogP contribution is -2.27. The van der Waals surface area contributed by atoms with Crippen molar-refractivity contribution >= 4 is 27.7 Å². The summed E-state index contributed by atoms with van der Waals surface area (Å²) in [4.78, 5) is 19.1. The van der Waals surface area contributed by atoms with Gasteiger partial charge in [0.2, 0.25) is 0 Å². The molecule has 1 aromatic carbocycles. The number of nitrogens with two attached hydrogens (primary N) is 1. The number of rotatable bonds is 2. The van der Waals surface area contributed by atoms with Gasteiger partial charge in [-0.3, -0.25) is 4.79 Å². The van der Waals surface area contributed by atoms with Crippen molar-refractivity contribution in [3.63, 3.8) is 0 Å². The van der Waals surface area contributed by atoms with Crippen molar-refractivity contribution in [1.82, 2.24) is 9.55 Å². The Morgan fingerprint density at radius 2 is 2.12 bits per heavy atom. The molecule has 1 aliphatic heterocycles. The standard InChI is InChI=1S/C18H19FN4O2/c1-9-21-16-17(25-9)12-6-13(19)15(22-5-4-10(20)8-22)7-14(12)23(18(16)24)11-2-3-11/h6-7,10-11H,2-5,8,20H2,1H3. The number of fused-ring (bicyclic) bond motifs is 3. The minimum Gasteiger partial charge on any atom is -0.440 e. The van der Waals surface area contributed by atoms with Gasteiger partial charge in [-0.1, -0.05) is 0 Å². The van der Waals surface area contributed by atoms with Gasteiger partial charge in [0.25, 0.3) is 5.56 Å². The molecule has 7 heteroatoms. The fourth-order valence-electron chi connectivity index (χ4n) is 3.85. The topological polar surface area (TPSA) is 77.3 Å². The van der Waals surface area contributed by atoms with Crippen LogP contribution in [0.2, 0.25) is 0 Å². The normalized spacial score (nSPS) is 20.9. The molecule has 2 aromatic heterocycles. The highest BCUT2D eigenvalue weighted by atomic mass is 19.1. The number of aromatic nitrogens is 2. The summed E-state index contributed by atoms with van der Waals surface area (Å²) in [5, 5.41) is 0.604. The number of halogens is 1. The van der Waals surface area contributed by atoms with Crippen LogP contribution in [0.5, 0.6) is 0 Å². The van der Waals surface area contributed by atoms with E-state index in [2.05, 4.69) is 4.98 Å². The Balaban J connectivity index is 1.84. The molecule has 6 nitrogen and oxygen atoms in total. The summed E-state index contributed by atoms with van der Waals surface area (Å²) in [6, 6.07) is 3.47. The van der Waals surface area contributed by atoms with E-state index in [9.17, 15) is 9.18 Å². The molecule has 2 N–H and O–H groups in total. The van der Waals surface area contributed by atoms with Gasteiger partial charge in [0.1, 0.15) is 5.82 Å². The Kier molecular flexibility index (Phi) is 3.01. The molecule has 1 unspecified atom stereocenters. The molecule has 0 amide bonds. The first-order valence-electron chi connectivity index (χ1n) is 8.68. The van der Waals surface area contributed by atoms with Crippen LogP contribution in [-0.2, 0) is 0 Å². The number of benzene rings is 1. The third-order valence-electron chi connectivity index (χ3n) is 5.20. The van der Waals surface area contributed by atoms with Crippen molar-refractivity contribution < 1.29 is 8.81 Å². The summed E-state index contributed by atoms with van der Waals surface area (Å²) in [6.45, 7) is 3.05. The van der Waals surface area contributed by atoms with Gasteiger partial charge in [-0.15, -0.1) is 0 Å². The van der Waals surface area contributed by atoms with Crippen molar-refractivity contribution in [3.05, 3.63) is 34.2 Å². The second-order valence-electron chi connectivity index (χ2n) is 7.13. The number of oxazole rings is 1. The highest BCUT2D eigenvalue weighted by molar-refractivity contribution is 6.02. The average molecular weight is 342 g/mol. The Morgan fingerprint density at radius 1 is 1.32 bits per heavy atom. The summed E-state index contributed by atoms with van der Waals surface area (Å²) >= 11 is 0. The largest absolute Gasteiger partial charge is 0.440 e. The van der Waals surface area contributed by atoms with Crippen LogP contribution in [0.3, 0.4) is 0 Å². The van der Waals surface area contributed by atoms with E-state index in [1.165, 1.54) is 6.07 Å². The van der Waals surface area contributed by atoms with E-state index in [1.807, 2.05) is 4.90 Å². The number of pyridine rings is 1. The quantitative estimate of drug-likeness (QED) is 0.774. The molecule has 3 heterocycles. The maximum absolute atomic E-state index is 14.9. The molecule has 130 valence electrons. The van der Waals surface area contributed by atoms with Crippen molar-refractivity contribution in [2.75, 3.05) is 18.0 Å². The van der Waals surface area contributed by atoms with E-state index in [0.29, 0.717) is 34.6 Å². The van der Waals surface area contributed by atoms with Crippen LogP contribution in [0.4, 0.5) is 10.1 Å². The van der Waals surface area contributed by atoms with E-state index < -0.39 is 0 Å². The zero-order chi connectivity index (χ0) is 17.3. The molecular weight excluding hydrogens is 323 g/mol. The van der Waals surface area contributed by atoms with Gasteiger partial charge in [-0.25, -0.2) is 9.37 Å². The summed E-state index contributed by atoms with van der Waals surface area (Å²) < 4.78 is 22.2. The fourth-order valence-corrected chi connectivity index (χ4v) is 3.85. The fraction of sp³-hybridized carbons (Fsp3) is 0.444. The third kappa shape index (κ3) is 2.18. The van der Waals surface area contributed by atoms with Crippen molar-refractivity contribution in [2.45, 2.75) is 38.3 Å². The average Bonchev–Trinajstić information content (AvgIpc) is 3.18. The Hall–Kier alpha value is -2.41. The zero-order valence-electron chi connectivity index (χ0n) is 14.0. The number of aryl methyl sites for hydroxylation is 1. The van der Waals surface area contributed by atoms with Crippen LogP contribution in [0, 0.1) is 12.7 Å². The van der Waals surface area contributed by atoms with Gasteiger partial charge < -0.3 is 19.6 Å². The first kappa shape index (κ1) is 14.9. The van der Waals surface area contributed by atoms with Gasteiger partial charge in [0.05, 0.1) is 11.2 Å². The maximum Gasteiger partial charge on any atom is 0.281 e. The molecular formula is C18H19FN4O2. The van der Waals surface area contributed by atoms with Gasteiger partial charge in [0, 0.05) is 37.5 Å². The molecule has 0 bridgehead atoms. The Labute approximate surface area is 143 Å². The van der Waals surface area contributed by atoms with Crippen molar-refractivity contribution in [1.29, 1.82) is 0 Å². The highest BCUT2D eigenvalue weighted by Crippen LogP contribution is 2.39. The minimum absolute atomic E-state index is 0.0557. The SMILES string of the molecule is Cc1nc2c(=O)n(C3CC3)c3cc(N4CCC(N)C4)c(F)cc3c2o1. The first-order chi connectivity index (χ1) is 12.0. The lowest BCUT2D eigenvalue weighted by Gasteiger charge is -2.20. The van der Waals surface area contributed by atoms with Crippen LogP contribution in [0.15, 0.2) is 21.3 Å². The Morgan fingerprint density at radius 3 is 2.80 bits per heavy atom. The summed E-state index contributed by atoms with van der Waals surface area (Å²) in [5.41, 5.74) is 7.69. The minimum atomic E-state index is -0.321. The molecule has 1 saturated carbocycles. The number of anilines is 1. The van der Waals surface area contributed by atoms with E-state index in [-0.39, 0.29) is 29.0 Å². The van der Waals surface area contributed by atoms with Crippen LogP contribution < -0.4 is 16.2 Å². The van der Waals surface area contributed by atoms with Crippen molar-refractivity contribution in [2.24, 2.45) is 5.73 Å². The Bertz CT molecular complexity index is 1070. The molecule has 2 fully saturated rings. The van der Waals surface area contributed by atoms with Crippen LogP contribution in [0.1, 0.15) is 31.2 Å². The number of hydrogen-bond donors (Lipinski definition) is 1. The van der Waals surface area contributed by atoms with E-state index >= 15 is 0 Å². The molecule has 1 saturated heterocycles. The molecule has 1 aliphatic carbocycles. The predicted molar refractivity (Wildman–Crippen MR) is 93.5 cm³/mol. The van der Waals surface area contributed by atoms with Gasteiger partial charge >= 0.3 is 0 Å². The smallest absolute Gasteiger partial charge is 0.281 e. The molecule has 0 spiro atoms. The zero-order valence-corrected chi connectivity index (χ0v) is 14.0. The second kappa shape index (κ2) is 5.05. The molecule has 3 aromatic rings. The van der Waals surface area contributed by atoms with Gasteiger partial charge in [0.15, 0.2) is 17.0 Å².